The highest BCUT2D eigenvalue weighted by atomic mass is 79.9. The van der Waals surface area contributed by atoms with Crippen molar-refractivity contribution in [3.05, 3.63) is 34.3 Å². The lowest BCUT2D eigenvalue weighted by atomic mass is 10.1. The van der Waals surface area contributed by atoms with Crippen LogP contribution in [-0.2, 0) is 9.47 Å². The van der Waals surface area contributed by atoms with Crippen LogP contribution < -0.4 is 5.32 Å². The predicted molar refractivity (Wildman–Crippen MR) is 87.1 cm³/mol. The van der Waals surface area contributed by atoms with Gasteiger partial charge in [0, 0.05) is 18.1 Å². The quantitative estimate of drug-likeness (QED) is 0.736. The molecule has 0 aliphatic rings. The van der Waals surface area contributed by atoms with Gasteiger partial charge >= 0.3 is 0 Å². The third-order valence-corrected chi connectivity index (χ3v) is 4.13. The van der Waals surface area contributed by atoms with Crippen molar-refractivity contribution >= 4 is 15.9 Å². The van der Waals surface area contributed by atoms with Gasteiger partial charge in [0.25, 0.3) is 0 Å². The van der Waals surface area contributed by atoms with Crippen molar-refractivity contribution in [2.75, 3.05) is 26.8 Å². The second-order valence-corrected chi connectivity index (χ2v) is 6.26. The number of likely N-dealkylation sites (N-methyl/N-ethyl adjacent to an activating group) is 1. The molecule has 0 heterocycles. The maximum atomic E-state index is 6.08. The van der Waals surface area contributed by atoms with Gasteiger partial charge in [-0.05, 0) is 38.4 Å². The molecule has 0 aromatic heterocycles. The van der Waals surface area contributed by atoms with Crippen molar-refractivity contribution in [3.63, 3.8) is 0 Å². The molecule has 4 heteroatoms. The Morgan fingerprint density at radius 2 is 2.00 bits per heavy atom. The number of hydrogen-bond acceptors (Lipinski definition) is 3. The molecule has 1 aromatic rings. The average molecular weight is 344 g/mol. The molecule has 0 aliphatic carbocycles. The summed E-state index contributed by atoms with van der Waals surface area (Å²) >= 11 is 3.60. The van der Waals surface area contributed by atoms with Gasteiger partial charge in [-0.1, -0.05) is 41.1 Å². The summed E-state index contributed by atoms with van der Waals surface area (Å²) in [5.74, 6) is 0. The molecule has 1 unspecified atom stereocenters. The van der Waals surface area contributed by atoms with Crippen molar-refractivity contribution in [1.82, 2.24) is 5.32 Å². The van der Waals surface area contributed by atoms with Crippen LogP contribution in [0.1, 0.15) is 38.9 Å². The zero-order valence-electron chi connectivity index (χ0n) is 12.9. The summed E-state index contributed by atoms with van der Waals surface area (Å²) in [7, 11) is 1.74. The van der Waals surface area contributed by atoms with Crippen LogP contribution in [-0.4, -0.2) is 32.4 Å². The summed E-state index contributed by atoms with van der Waals surface area (Å²) in [6.07, 6.45) is 0.925. The molecule has 114 valence electrons. The summed E-state index contributed by atoms with van der Waals surface area (Å²) in [5.41, 5.74) is 1.04. The Labute approximate surface area is 131 Å². The first kappa shape index (κ1) is 17.6. The van der Waals surface area contributed by atoms with Crippen molar-refractivity contribution < 1.29 is 9.47 Å². The minimum absolute atomic E-state index is 0.0539. The first-order chi connectivity index (χ1) is 9.50. The summed E-state index contributed by atoms with van der Waals surface area (Å²) in [4.78, 5) is 0. The normalized spacial score (nSPS) is 13.4. The molecule has 1 N–H and O–H groups in total. The monoisotopic (exact) mass is 343 g/mol. The first-order valence-electron chi connectivity index (χ1n) is 7.12. The molecule has 20 heavy (non-hydrogen) atoms. The molecule has 0 saturated carbocycles. The van der Waals surface area contributed by atoms with Crippen molar-refractivity contribution in [2.24, 2.45) is 0 Å². The molecule has 1 aromatic carbocycles. The van der Waals surface area contributed by atoms with Crippen LogP contribution in [0.4, 0.5) is 0 Å². The van der Waals surface area contributed by atoms with Crippen LogP contribution in [0.3, 0.4) is 0 Å². The van der Waals surface area contributed by atoms with Gasteiger partial charge in [-0.25, -0.2) is 0 Å². The van der Waals surface area contributed by atoms with Gasteiger partial charge < -0.3 is 14.8 Å². The van der Waals surface area contributed by atoms with E-state index in [2.05, 4.69) is 54.2 Å². The fraction of sp³-hybridized carbons (Fsp3) is 0.625. The summed E-state index contributed by atoms with van der Waals surface area (Å²) in [6.45, 7) is 8.69. The summed E-state index contributed by atoms with van der Waals surface area (Å²) in [5, 5.41) is 3.36. The predicted octanol–water partition coefficient (Wildman–Crippen LogP) is 3.93. The number of methoxy groups -OCH3 is 1. The van der Waals surface area contributed by atoms with Crippen LogP contribution in [0.25, 0.3) is 0 Å². The molecule has 1 atom stereocenters. The van der Waals surface area contributed by atoms with Gasteiger partial charge in [-0.2, -0.15) is 0 Å². The van der Waals surface area contributed by atoms with E-state index in [0.717, 1.165) is 24.0 Å². The number of halogens is 1. The van der Waals surface area contributed by atoms with E-state index < -0.39 is 0 Å². The fourth-order valence-corrected chi connectivity index (χ4v) is 2.36. The minimum atomic E-state index is -0.142. The molecule has 0 bridgehead atoms. The average Bonchev–Trinajstić information content (AvgIpc) is 2.43. The SMILES string of the molecule is CCNCC(OCCC(C)(C)OC)c1ccccc1Br. The molecule has 0 radical (unpaired) electrons. The largest absolute Gasteiger partial charge is 0.379 e. The fourth-order valence-electron chi connectivity index (χ4n) is 1.82. The lowest BCUT2D eigenvalue weighted by molar-refractivity contribution is -0.0272. The minimum Gasteiger partial charge on any atom is -0.379 e. The molecule has 0 amide bonds. The number of rotatable bonds is 9. The number of hydrogen-bond donors (Lipinski definition) is 1. The van der Waals surface area contributed by atoms with E-state index in [9.17, 15) is 0 Å². The third-order valence-electron chi connectivity index (χ3n) is 3.41. The van der Waals surface area contributed by atoms with Gasteiger partial charge in [0.1, 0.15) is 0 Å². The van der Waals surface area contributed by atoms with Crippen LogP contribution in [0.5, 0.6) is 0 Å². The Balaban J connectivity index is 2.63. The Kier molecular flexibility index (Phi) is 7.74. The zero-order chi connectivity index (χ0) is 15.0. The third kappa shape index (κ3) is 5.92. The maximum Gasteiger partial charge on any atom is 0.0960 e. The standard InChI is InChI=1S/C16H26BrNO2/c1-5-18-12-15(13-8-6-7-9-14(13)17)20-11-10-16(2,3)19-4/h6-9,15,18H,5,10-12H2,1-4H3. The number of benzene rings is 1. The smallest absolute Gasteiger partial charge is 0.0960 e. The van der Waals surface area contributed by atoms with Crippen molar-refractivity contribution in [3.8, 4) is 0 Å². The lowest BCUT2D eigenvalue weighted by Gasteiger charge is -2.25. The maximum absolute atomic E-state index is 6.08. The van der Waals surface area contributed by atoms with Crippen LogP contribution in [0.15, 0.2) is 28.7 Å². The van der Waals surface area contributed by atoms with E-state index in [4.69, 9.17) is 9.47 Å². The Bertz CT molecular complexity index is 396. The Morgan fingerprint density at radius 3 is 2.60 bits per heavy atom. The van der Waals surface area contributed by atoms with E-state index in [1.165, 1.54) is 5.56 Å². The van der Waals surface area contributed by atoms with E-state index in [1.54, 1.807) is 7.11 Å². The van der Waals surface area contributed by atoms with E-state index >= 15 is 0 Å². The molecule has 0 spiro atoms. The van der Waals surface area contributed by atoms with Crippen molar-refractivity contribution in [2.45, 2.75) is 38.9 Å². The van der Waals surface area contributed by atoms with Crippen LogP contribution >= 0.6 is 15.9 Å². The highest BCUT2D eigenvalue weighted by Gasteiger charge is 2.19. The van der Waals surface area contributed by atoms with Crippen LogP contribution in [0.2, 0.25) is 0 Å². The van der Waals surface area contributed by atoms with Gasteiger partial charge in [-0.3, -0.25) is 0 Å². The molecule has 0 saturated heterocycles. The molecular weight excluding hydrogens is 318 g/mol. The Hall–Kier alpha value is -0.420. The topological polar surface area (TPSA) is 30.5 Å². The number of ether oxygens (including phenoxy) is 2. The first-order valence-corrected chi connectivity index (χ1v) is 7.91. The molecule has 0 fully saturated rings. The summed E-state index contributed by atoms with van der Waals surface area (Å²) < 4.78 is 12.6. The van der Waals surface area contributed by atoms with Crippen LogP contribution in [0, 0.1) is 0 Å². The molecule has 1 rings (SSSR count). The van der Waals surface area contributed by atoms with E-state index in [1.807, 2.05) is 12.1 Å². The molecule has 3 nitrogen and oxygen atoms in total. The van der Waals surface area contributed by atoms with E-state index in [0.29, 0.717) is 6.61 Å². The van der Waals surface area contributed by atoms with E-state index in [-0.39, 0.29) is 11.7 Å². The second kappa shape index (κ2) is 8.78. The Morgan fingerprint density at radius 1 is 1.30 bits per heavy atom. The second-order valence-electron chi connectivity index (χ2n) is 5.40. The lowest BCUT2D eigenvalue weighted by Crippen LogP contribution is -2.27. The van der Waals surface area contributed by atoms with Gasteiger partial charge in [-0.15, -0.1) is 0 Å². The zero-order valence-corrected chi connectivity index (χ0v) is 14.5. The highest BCUT2D eigenvalue weighted by Crippen LogP contribution is 2.26. The van der Waals surface area contributed by atoms with Gasteiger partial charge in [0.05, 0.1) is 18.3 Å². The summed E-state index contributed by atoms with van der Waals surface area (Å²) in [6, 6.07) is 8.22. The van der Waals surface area contributed by atoms with Gasteiger partial charge in [0.2, 0.25) is 0 Å². The molecular formula is C16H26BrNO2. The van der Waals surface area contributed by atoms with Crippen molar-refractivity contribution in [1.29, 1.82) is 0 Å². The van der Waals surface area contributed by atoms with Gasteiger partial charge in [0.15, 0.2) is 0 Å². The number of nitrogens with one attached hydrogen (secondary N) is 1. The molecule has 0 aliphatic heterocycles. The highest BCUT2D eigenvalue weighted by molar-refractivity contribution is 9.10.